The van der Waals surface area contributed by atoms with Crippen LogP contribution in [0.3, 0.4) is 0 Å². The maximum Gasteiger partial charge on any atom is 0.375 e. The number of halogens is 2. The van der Waals surface area contributed by atoms with Crippen LogP contribution in [0.5, 0.6) is 0 Å². The fraction of sp³-hybridized carbons (Fsp3) is 0.833. The number of hydrogen-bond acceptors (Lipinski definition) is 3. The van der Waals surface area contributed by atoms with Crippen molar-refractivity contribution in [2.45, 2.75) is 11.2 Å². The van der Waals surface area contributed by atoms with Crippen LogP contribution in [0.25, 0.3) is 0 Å². The topological polar surface area (TPSA) is 46.5 Å². The second-order valence-electron chi connectivity index (χ2n) is 2.48. The summed E-state index contributed by atoms with van der Waals surface area (Å²) in [5.41, 5.74) is 0. The van der Waals surface area contributed by atoms with Crippen LogP contribution in [0.2, 0.25) is 0 Å². The first-order valence-electron chi connectivity index (χ1n) is 3.33. The van der Waals surface area contributed by atoms with E-state index in [2.05, 4.69) is 0 Å². The highest BCUT2D eigenvalue weighted by Gasteiger charge is 2.40. The number of aliphatic carboxylic acids is 1. The first kappa shape index (κ1) is 9.73. The largest absolute Gasteiger partial charge is 0.477 e. The molecule has 70 valence electrons. The third-order valence-electron chi connectivity index (χ3n) is 1.42. The summed E-state index contributed by atoms with van der Waals surface area (Å²) < 4.78 is 29.6. The maximum absolute atomic E-state index is 12.4. The second kappa shape index (κ2) is 3.57. The lowest BCUT2D eigenvalue weighted by atomic mass is 10.4. The molecule has 0 spiro atoms. The zero-order chi connectivity index (χ0) is 9.19. The molecule has 0 radical (unpaired) electrons. The monoisotopic (exact) mass is 198 g/mol. The molecule has 0 atom stereocenters. The molecule has 1 saturated heterocycles. The summed E-state index contributed by atoms with van der Waals surface area (Å²) in [7, 11) is 0. The van der Waals surface area contributed by atoms with Crippen LogP contribution in [0.15, 0.2) is 0 Å². The summed E-state index contributed by atoms with van der Waals surface area (Å²) >= 11 is 0.943. The summed E-state index contributed by atoms with van der Waals surface area (Å²) in [4.78, 5) is 9.95. The zero-order valence-corrected chi connectivity index (χ0v) is 6.94. The van der Waals surface area contributed by atoms with Gasteiger partial charge in [-0.05, 0) is 0 Å². The molecular weight excluding hydrogens is 190 g/mol. The first-order valence-corrected chi connectivity index (χ1v) is 4.38. The van der Waals surface area contributed by atoms with Crippen LogP contribution in [-0.2, 0) is 9.53 Å². The number of carboxylic acids is 1. The van der Waals surface area contributed by atoms with Crippen LogP contribution < -0.4 is 0 Å². The third-order valence-corrected chi connectivity index (χ3v) is 2.69. The van der Waals surface area contributed by atoms with E-state index in [1.807, 2.05) is 0 Å². The van der Waals surface area contributed by atoms with Crippen molar-refractivity contribution < 1.29 is 23.4 Å². The lowest BCUT2D eigenvalue weighted by molar-refractivity contribution is -0.161. The molecule has 0 aromatic heterocycles. The van der Waals surface area contributed by atoms with Crippen molar-refractivity contribution >= 4 is 17.7 Å². The van der Waals surface area contributed by atoms with Gasteiger partial charge in [0.2, 0.25) is 0 Å². The highest BCUT2D eigenvalue weighted by Crippen LogP contribution is 2.26. The predicted molar refractivity (Wildman–Crippen MR) is 39.6 cm³/mol. The van der Waals surface area contributed by atoms with Gasteiger partial charge in [-0.1, -0.05) is 0 Å². The van der Waals surface area contributed by atoms with E-state index in [9.17, 15) is 13.6 Å². The molecule has 0 bridgehead atoms. The van der Waals surface area contributed by atoms with E-state index in [1.54, 1.807) is 0 Å². The molecule has 12 heavy (non-hydrogen) atoms. The standard InChI is InChI=1S/C6H8F2O3S/c7-6(8,5(9)10)3-12-4-1-11-2-4/h4H,1-3H2,(H,9,10). The number of hydrogen-bond donors (Lipinski definition) is 1. The number of ether oxygens (including phenoxy) is 1. The van der Waals surface area contributed by atoms with Crippen LogP contribution in [0.4, 0.5) is 8.78 Å². The molecule has 1 fully saturated rings. The molecular formula is C6H8F2O3S. The van der Waals surface area contributed by atoms with E-state index in [4.69, 9.17) is 9.84 Å². The van der Waals surface area contributed by atoms with Crippen LogP contribution >= 0.6 is 11.8 Å². The highest BCUT2D eigenvalue weighted by molar-refractivity contribution is 8.00. The summed E-state index contributed by atoms with van der Waals surface area (Å²) in [5, 5.41) is 8.09. The number of rotatable bonds is 4. The molecule has 0 aromatic rings. The normalized spacial score (nSPS) is 18.8. The Bertz CT molecular complexity index is 182. The fourth-order valence-corrected chi connectivity index (χ4v) is 1.55. The van der Waals surface area contributed by atoms with Crippen molar-refractivity contribution in [1.29, 1.82) is 0 Å². The van der Waals surface area contributed by atoms with Crippen LogP contribution in [-0.4, -0.2) is 41.2 Å². The minimum Gasteiger partial charge on any atom is -0.477 e. The van der Waals surface area contributed by atoms with Gasteiger partial charge in [-0.2, -0.15) is 8.78 Å². The predicted octanol–water partition coefficient (Wildman–Crippen LogP) is 0.838. The van der Waals surface area contributed by atoms with Crippen molar-refractivity contribution in [1.82, 2.24) is 0 Å². The molecule has 1 heterocycles. The van der Waals surface area contributed by atoms with Gasteiger partial charge < -0.3 is 9.84 Å². The Hall–Kier alpha value is -0.360. The van der Waals surface area contributed by atoms with Gasteiger partial charge in [0, 0.05) is 0 Å². The Labute approximate surface area is 72.1 Å². The Balaban J connectivity index is 2.24. The van der Waals surface area contributed by atoms with Crippen molar-refractivity contribution in [3.8, 4) is 0 Å². The SMILES string of the molecule is O=C(O)C(F)(F)CSC1COC1. The summed E-state index contributed by atoms with van der Waals surface area (Å²) in [6.07, 6.45) is 0. The van der Waals surface area contributed by atoms with Crippen molar-refractivity contribution in [3.05, 3.63) is 0 Å². The van der Waals surface area contributed by atoms with E-state index in [1.165, 1.54) is 0 Å². The quantitative estimate of drug-likeness (QED) is 0.727. The molecule has 1 N–H and O–H groups in total. The second-order valence-corrected chi connectivity index (χ2v) is 3.77. The Morgan fingerprint density at radius 3 is 2.58 bits per heavy atom. The molecule has 0 aliphatic carbocycles. The molecule has 0 saturated carbocycles. The van der Waals surface area contributed by atoms with E-state index in [0.29, 0.717) is 13.2 Å². The van der Waals surface area contributed by atoms with Gasteiger partial charge >= 0.3 is 11.9 Å². The summed E-state index contributed by atoms with van der Waals surface area (Å²) in [5.74, 6) is -6.34. The summed E-state index contributed by atoms with van der Waals surface area (Å²) in [6, 6.07) is 0. The average Bonchev–Trinajstić information content (AvgIpc) is 1.83. The Kier molecular flexibility index (Phi) is 2.89. The van der Waals surface area contributed by atoms with Crippen molar-refractivity contribution in [2.75, 3.05) is 19.0 Å². The summed E-state index contributed by atoms with van der Waals surface area (Å²) in [6.45, 7) is 0.890. The molecule has 0 amide bonds. The van der Waals surface area contributed by atoms with E-state index >= 15 is 0 Å². The van der Waals surface area contributed by atoms with E-state index < -0.39 is 17.6 Å². The molecule has 6 heteroatoms. The highest BCUT2D eigenvalue weighted by atomic mass is 32.2. The van der Waals surface area contributed by atoms with Gasteiger partial charge in [-0.15, -0.1) is 11.8 Å². The van der Waals surface area contributed by atoms with Gasteiger partial charge in [0.05, 0.1) is 24.2 Å². The van der Waals surface area contributed by atoms with Crippen molar-refractivity contribution in [2.24, 2.45) is 0 Å². The number of alkyl halides is 2. The van der Waals surface area contributed by atoms with Crippen LogP contribution in [0.1, 0.15) is 0 Å². The number of carboxylic acid groups (broad SMARTS) is 1. The van der Waals surface area contributed by atoms with Crippen molar-refractivity contribution in [3.63, 3.8) is 0 Å². The molecule has 1 rings (SSSR count). The van der Waals surface area contributed by atoms with E-state index in [-0.39, 0.29) is 5.25 Å². The van der Waals surface area contributed by atoms with Gasteiger partial charge in [-0.25, -0.2) is 4.79 Å². The third kappa shape index (κ3) is 2.31. The lowest BCUT2D eigenvalue weighted by Crippen LogP contribution is -2.36. The van der Waals surface area contributed by atoms with Gasteiger partial charge in [0.1, 0.15) is 0 Å². The fourth-order valence-electron chi connectivity index (χ4n) is 0.595. The molecule has 1 aliphatic rings. The zero-order valence-electron chi connectivity index (χ0n) is 6.13. The van der Waals surface area contributed by atoms with Gasteiger partial charge in [0.25, 0.3) is 0 Å². The Morgan fingerprint density at radius 2 is 2.25 bits per heavy atom. The van der Waals surface area contributed by atoms with Crippen LogP contribution in [0, 0.1) is 0 Å². The average molecular weight is 198 g/mol. The smallest absolute Gasteiger partial charge is 0.375 e. The molecule has 0 unspecified atom stereocenters. The molecule has 0 aromatic carbocycles. The molecule has 1 aliphatic heterocycles. The first-order chi connectivity index (χ1) is 5.52. The minimum absolute atomic E-state index is 0.0372. The maximum atomic E-state index is 12.4. The number of carbonyl (C=O) groups is 1. The molecule has 3 nitrogen and oxygen atoms in total. The lowest BCUT2D eigenvalue weighted by Gasteiger charge is -2.26. The number of thioether (sulfide) groups is 1. The Morgan fingerprint density at radius 1 is 1.67 bits per heavy atom. The van der Waals surface area contributed by atoms with Gasteiger partial charge in [0.15, 0.2) is 0 Å². The van der Waals surface area contributed by atoms with Gasteiger partial charge in [-0.3, -0.25) is 0 Å². The minimum atomic E-state index is -3.61. The van der Waals surface area contributed by atoms with E-state index in [0.717, 1.165) is 11.8 Å².